The lowest BCUT2D eigenvalue weighted by atomic mass is 9.97. The van der Waals surface area contributed by atoms with Gasteiger partial charge in [0.25, 0.3) is 0 Å². The van der Waals surface area contributed by atoms with Gasteiger partial charge in [-0.3, -0.25) is 0 Å². The number of nitrogens with one attached hydrogen (secondary N) is 1. The molecule has 1 aromatic rings. The molecular weight excluding hydrogens is 229 g/mol. The monoisotopic (exact) mass is 249 g/mol. The van der Waals surface area contributed by atoms with Crippen LogP contribution in [0.25, 0.3) is 0 Å². The van der Waals surface area contributed by atoms with Crippen molar-refractivity contribution in [1.82, 2.24) is 5.32 Å². The zero-order valence-corrected chi connectivity index (χ0v) is 10.6. The standard InChI is InChI=1S/C15H20FNO/c16-12-4-7-15(18-14-5-6-14)11(9-12)10-13-3-1-2-8-17-13/h4,7,9,13-14,17H,1-3,5-6,8,10H2. The van der Waals surface area contributed by atoms with Crippen molar-refractivity contribution in [3.8, 4) is 5.75 Å². The Morgan fingerprint density at radius 1 is 1.22 bits per heavy atom. The summed E-state index contributed by atoms with van der Waals surface area (Å²) in [7, 11) is 0. The van der Waals surface area contributed by atoms with Gasteiger partial charge in [0.2, 0.25) is 0 Å². The molecule has 2 nitrogen and oxygen atoms in total. The fourth-order valence-corrected chi connectivity index (χ4v) is 2.55. The average molecular weight is 249 g/mol. The smallest absolute Gasteiger partial charge is 0.123 e. The topological polar surface area (TPSA) is 21.3 Å². The molecule has 1 saturated carbocycles. The first-order valence-corrected chi connectivity index (χ1v) is 7.00. The Morgan fingerprint density at radius 2 is 2.11 bits per heavy atom. The van der Waals surface area contributed by atoms with Crippen molar-refractivity contribution in [3.05, 3.63) is 29.6 Å². The Morgan fingerprint density at radius 3 is 2.83 bits per heavy atom. The summed E-state index contributed by atoms with van der Waals surface area (Å²) in [5.74, 6) is 0.718. The molecule has 0 spiro atoms. The second kappa shape index (κ2) is 5.27. The predicted octanol–water partition coefficient (Wildman–Crippen LogP) is 3.05. The Kier molecular flexibility index (Phi) is 3.50. The van der Waals surface area contributed by atoms with E-state index in [2.05, 4.69) is 5.32 Å². The van der Waals surface area contributed by atoms with Crippen molar-refractivity contribution < 1.29 is 9.13 Å². The van der Waals surface area contributed by atoms with E-state index >= 15 is 0 Å². The van der Waals surface area contributed by atoms with E-state index in [4.69, 9.17) is 4.74 Å². The molecular formula is C15H20FNO. The lowest BCUT2D eigenvalue weighted by molar-refractivity contribution is 0.296. The van der Waals surface area contributed by atoms with Crippen molar-refractivity contribution >= 4 is 0 Å². The molecule has 2 aliphatic rings. The van der Waals surface area contributed by atoms with Crippen molar-refractivity contribution in [2.24, 2.45) is 0 Å². The summed E-state index contributed by atoms with van der Waals surface area (Å²) in [6.45, 7) is 1.08. The lowest BCUT2D eigenvalue weighted by Crippen LogP contribution is -2.35. The molecule has 2 fully saturated rings. The fourth-order valence-electron chi connectivity index (χ4n) is 2.55. The molecule has 98 valence electrons. The van der Waals surface area contributed by atoms with Crippen LogP contribution in [0.2, 0.25) is 0 Å². The normalized spacial score (nSPS) is 23.9. The molecule has 0 radical (unpaired) electrons. The zero-order valence-electron chi connectivity index (χ0n) is 10.6. The summed E-state index contributed by atoms with van der Waals surface area (Å²) in [6.07, 6.45) is 7.22. The summed E-state index contributed by atoms with van der Waals surface area (Å²) in [6, 6.07) is 5.39. The molecule has 1 aromatic carbocycles. The quantitative estimate of drug-likeness (QED) is 0.885. The van der Waals surface area contributed by atoms with Gasteiger partial charge >= 0.3 is 0 Å². The van der Waals surface area contributed by atoms with Gasteiger partial charge in [-0.2, -0.15) is 0 Å². The molecule has 0 bridgehead atoms. The van der Waals surface area contributed by atoms with Gasteiger partial charge in [-0.25, -0.2) is 4.39 Å². The average Bonchev–Trinajstić information content (AvgIpc) is 3.18. The van der Waals surface area contributed by atoms with Gasteiger partial charge in [0, 0.05) is 6.04 Å². The maximum absolute atomic E-state index is 13.4. The van der Waals surface area contributed by atoms with Crippen LogP contribution in [0.1, 0.15) is 37.7 Å². The predicted molar refractivity (Wildman–Crippen MR) is 69.4 cm³/mol. The number of halogens is 1. The number of benzene rings is 1. The Labute approximate surface area is 108 Å². The number of hydrogen-bond donors (Lipinski definition) is 1. The molecule has 1 aliphatic heterocycles. The molecule has 1 saturated heterocycles. The molecule has 3 rings (SSSR count). The van der Waals surface area contributed by atoms with Gasteiger partial charge in [0.1, 0.15) is 11.6 Å². The van der Waals surface area contributed by atoms with Gasteiger partial charge in [0.05, 0.1) is 6.10 Å². The molecule has 1 heterocycles. The maximum Gasteiger partial charge on any atom is 0.123 e. The molecule has 3 heteroatoms. The number of rotatable bonds is 4. The number of ether oxygens (including phenoxy) is 1. The minimum atomic E-state index is -0.163. The Balaban J connectivity index is 1.72. The van der Waals surface area contributed by atoms with Crippen molar-refractivity contribution in [2.45, 2.75) is 50.7 Å². The SMILES string of the molecule is Fc1ccc(OC2CC2)c(CC2CCCCN2)c1. The van der Waals surface area contributed by atoms with Crippen LogP contribution >= 0.6 is 0 Å². The van der Waals surface area contributed by atoms with E-state index in [0.29, 0.717) is 12.1 Å². The van der Waals surface area contributed by atoms with Crippen LogP contribution in [0.5, 0.6) is 5.75 Å². The van der Waals surface area contributed by atoms with E-state index in [-0.39, 0.29) is 5.82 Å². The van der Waals surface area contributed by atoms with Gasteiger partial charge < -0.3 is 10.1 Å². The molecule has 1 unspecified atom stereocenters. The van der Waals surface area contributed by atoms with E-state index < -0.39 is 0 Å². The highest BCUT2D eigenvalue weighted by atomic mass is 19.1. The second-order valence-corrected chi connectivity index (χ2v) is 5.42. The van der Waals surface area contributed by atoms with Gasteiger partial charge in [0.15, 0.2) is 0 Å². The third-order valence-corrected chi connectivity index (χ3v) is 3.72. The van der Waals surface area contributed by atoms with E-state index in [1.165, 1.54) is 25.3 Å². The third kappa shape index (κ3) is 3.02. The Bertz CT molecular complexity index is 411. The minimum Gasteiger partial charge on any atom is -0.490 e. The van der Waals surface area contributed by atoms with Crippen molar-refractivity contribution in [1.29, 1.82) is 0 Å². The number of piperidine rings is 1. The molecule has 0 amide bonds. The van der Waals surface area contributed by atoms with E-state index in [9.17, 15) is 4.39 Å². The summed E-state index contributed by atoms with van der Waals surface area (Å²) in [5, 5.41) is 3.51. The van der Waals surface area contributed by atoms with Crippen LogP contribution in [0.3, 0.4) is 0 Å². The highest BCUT2D eigenvalue weighted by Gasteiger charge is 2.25. The first kappa shape index (κ1) is 12.0. The van der Waals surface area contributed by atoms with Gasteiger partial charge in [-0.1, -0.05) is 6.42 Å². The summed E-state index contributed by atoms with van der Waals surface area (Å²) in [4.78, 5) is 0. The van der Waals surface area contributed by atoms with Crippen molar-refractivity contribution in [2.75, 3.05) is 6.54 Å². The highest BCUT2D eigenvalue weighted by Crippen LogP contribution is 2.30. The van der Waals surface area contributed by atoms with E-state index in [1.807, 2.05) is 0 Å². The van der Waals surface area contributed by atoms with Crippen LogP contribution in [0.15, 0.2) is 18.2 Å². The van der Waals surface area contributed by atoms with E-state index in [0.717, 1.165) is 37.1 Å². The first-order valence-electron chi connectivity index (χ1n) is 7.00. The lowest BCUT2D eigenvalue weighted by Gasteiger charge is -2.24. The minimum absolute atomic E-state index is 0.163. The Hall–Kier alpha value is -1.09. The summed E-state index contributed by atoms with van der Waals surface area (Å²) < 4.78 is 19.2. The second-order valence-electron chi connectivity index (χ2n) is 5.42. The van der Waals surface area contributed by atoms with Gasteiger partial charge in [-0.15, -0.1) is 0 Å². The van der Waals surface area contributed by atoms with Crippen LogP contribution in [-0.2, 0) is 6.42 Å². The fraction of sp³-hybridized carbons (Fsp3) is 0.600. The maximum atomic E-state index is 13.4. The summed E-state index contributed by atoms with van der Waals surface area (Å²) in [5.41, 5.74) is 1.02. The molecule has 0 aromatic heterocycles. The van der Waals surface area contributed by atoms with E-state index in [1.54, 1.807) is 12.1 Å². The van der Waals surface area contributed by atoms with Crippen LogP contribution < -0.4 is 10.1 Å². The molecule has 1 atom stereocenters. The number of hydrogen-bond acceptors (Lipinski definition) is 2. The van der Waals surface area contributed by atoms with Crippen LogP contribution in [0, 0.1) is 5.82 Å². The van der Waals surface area contributed by atoms with Crippen LogP contribution in [0.4, 0.5) is 4.39 Å². The molecule has 18 heavy (non-hydrogen) atoms. The van der Waals surface area contributed by atoms with Crippen LogP contribution in [-0.4, -0.2) is 18.7 Å². The van der Waals surface area contributed by atoms with Crippen molar-refractivity contribution in [3.63, 3.8) is 0 Å². The summed E-state index contributed by atoms with van der Waals surface area (Å²) >= 11 is 0. The molecule has 1 aliphatic carbocycles. The first-order chi connectivity index (χ1) is 8.81. The molecule has 1 N–H and O–H groups in total. The largest absolute Gasteiger partial charge is 0.490 e. The van der Waals surface area contributed by atoms with Gasteiger partial charge in [-0.05, 0) is 62.4 Å². The third-order valence-electron chi connectivity index (χ3n) is 3.72. The zero-order chi connectivity index (χ0) is 12.4. The highest BCUT2D eigenvalue weighted by molar-refractivity contribution is 5.35.